The molecule has 3 rings (SSSR count). The fourth-order valence-corrected chi connectivity index (χ4v) is 3.59. The molecule has 2 aliphatic rings. The fourth-order valence-electron chi connectivity index (χ4n) is 3.59. The molecule has 2 aliphatic heterocycles. The highest BCUT2D eigenvalue weighted by atomic mass is 16.5. The number of fused-ring (bicyclic) bond motifs is 1. The first-order chi connectivity index (χ1) is 13.9. The van der Waals surface area contributed by atoms with Crippen LogP contribution in [-0.4, -0.2) is 48.3 Å². The summed E-state index contributed by atoms with van der Waals surface area (Å²) in [6.45, 7) is 4.44. The number of carbonyl (C=O) groups excluding carboxylic acids is 4. The van der Waals surface area contributed by atoms with Crippen LogP contribution in [0.2, 0.25) is 0 Å². The van der Waals surface area contributed by atoms with E-state index >= 15 is 0 Å². The van der Waals surface area contributed by atoms with Crippen molar-refractivity contribution in [2.75, 3.05) is 25.0 Å². The van der Waals surface area contributed by atoms with Crippen LogP contribution < -0.4 is 10.6 Å². The molecule has 3 amide bonds. The number of hydrogen-bond donors (Lipinski definition) is 2. The number of nitrogens with one attached hydrogen (secondary N) is 2. The van der Waals surface area contributed by atoms with Gasteiger partial charge in [0.05, 0.1) is 18.1 Å². The van der Waals surface area contributed by atoms with Gasteiger partial charge in [0, 0.05) is 25.2 Å². The van der Waals surface area contributed by atoms with Crippen LogP contribution in [0.5, 0.6) is 0 Å². The molecule has 1 aromatic carbocycles. The number of ether oxygens (including phenoxy) is 1. The van der Waals surface area contributed by atoms with E-state index in [-0.39, 0.29) is 49.1 Å². The number of amides is 3. The maximum absolute atomic E-state index is 12.9. The summed E-state index contributed by atoms with van der Waals surface area (Å²) >= 11 is 0. The highest BCUT2D eigenvalue weighted by molar-refractivity contribution is 6.08. The first kappa shape index (κ1) is 20.6. The smallest absolute Gasteiger partial charge is 0.336 e. The molecule has 0 aliphatic carbocycles. The number of aryl methyl sites for hydroxylation is 1. The molecule has 1 fully saturated rings. The quantitative estimate of drug-likeness (QED) is 0.703. The predicted octanol–water partition coefficient (Wildman–Crippen LogP) is 1.37. The number of hydrogen-bond acceptors (Lipinski definition) is 5. The summed E-state index contributed by atoms with van der Waals surface area (Å²) in [4.78, 5) is 51.4. The van der Waals surface area contributed by atoms with Gasteiger partial charge in [0.1, 0.15) is 5.70 Å². The number of esters is 1. The van der Waals surface area contributed by atoms with Crippen molar-refractivity contribution < 1.29 is 23.9 Å². The van der Waals surface area contributed by atoms with Crippen LogP contribution in [-0.2, 0) is 30.3 Å². The van der Waals surface area contributed by atoms with Gasteiger partial charge in [0.25, 0.3) is 5.91 Å². The van der Waals surface area contributed by atoms with Crippen molar-refractivity contribution in [3.63, 3.8) is 0 Å². The second-order valence-corrected chi connectivity index (χ2v) is 7.00. The van der Waals surface area contributed by atoms with Gasteiger partial charge in [-0.15, -0.1) is 0 Å². The van der Waals surface area contributed by atoms with Crippen LogP contribution >= 0.6 is 0 Å². The maximum Gasteiger partial charge on any atom is 0.336 e. The lowest BCUT2D eigenvalue weighted by atomic mass is 9.88. The van der Waals surface area contributed by atoms with E-state index in [1.54, 1.807) is 6.92 Å². The van der Waals surface area contributed by atoms with Crippen LogP contribution in [0.15, 0.2) is 35.5 Å². The van der Waals surface area contributed by atoms with Crippen LogP contribution in [0, 0.1) is 5.92 Å². The minimum Gasteiger partial charge on any atom is -0.463 e. The molecule has 29 heavy (non-hydrogen) atoms. The molecule has 1 atom stereocenters. The van der Waals surface area contributed by atoms with Gasteiger partial charge in [0.2, 0.25) is 11.8 Å². The van der Waals surface area contributed by atoms with Crippen molar-refractivity contribution >= 4 is 29.4 Å². The van der Waals surface area contributed by atoms with Crippen LogP contribution in [0.4, 0.5) is 5.69 Å². The van der Waals surface area contributed by atoms with Gasteiger partial charge in [-0.3, -0.25) is 14.4 Å². The summed E-state index contributed by atoms with van der Waals surface area (Å²) in [5.74, 6) is -2.46. The van der Waals surface area contributed by atoms with Gasteiger partial charge in [-0.2, -0.15) is 0 Å². The van der Waals surface area contributed by atoms with Crippen molar-refractivity contribution in [2.45, 2.75) is 33.1 Å². The van der Waals surface area contributed by atoms with E-state index in [0.717, 1.165) is 12.0 Å². The number of benzene rings is 1. The lowest BCUT2D eigenvalue weighted by molar-refractivity contribution is -0.144. The molecular weight excluding hydrogens is 374 g/mol. The van der Waals surface area contributed by atoms with E-state index < -0.39 is 17.8 Å². The molecule has 8 nitrogen and oxygen atoms in total. The Morgan fingerprint density at radius 3 is 2.59 bits per heavy atom. The molecule has 8 heteroatoms. The van der Waals surface area contributed by atoms with Crippen LogP contribution in [0.3, 0.4) is 0 Å². The Balaban J connectivity index is 1.77. The number of rotatable bonds is 6. The van der Waals surface area contributed by atoms with E-state index in [0.29, 0.717) is 12.2 Å². The zero-order valence-corrected chi connectivity index (χ0v) is 16.6. The second kappa shape index (κ2) is 8.89. The number of anilines is 1. The molecule has 154 valence electrons. The SMILES string of the molecule is CCOC(=O)C1=C2C(=O)NCCN2C(=O)C(CC(=O)Nc2ccc(CC)cc2)C1. The van der Waals surface area contributed by atoms with Gasteiger partial charge < -0.3 is 20.3 Å². The van der Waals surface area contributed by atoms with Crippen LogP contribution in [0.25, 0.3) is 0 Å². The number of piperazine rings is 1. The summed E-state index contributed by atoms with van der Waals surface area (Å²) < 4.78 is 5.07. The Bertz CT molecular complexity index is 860. The molecular formula is C21H25N3O5. The lowest BCUT2D eigenvalue weighted by Gasteiger charge is -2.37. The van der Waals surface area contributed by atoms with Gasteiger partial charge in [-0.05, 0) is 37.5 Å². The first-order valence-electron chi connectivity index (χ1n) is 9.83. The summed E-state index contributed by atoms with van der Waals surface area (Å²) in [6.07, 6.45) is 0.821. The number of nitrogens with zero attached hydrogens (tertiary/aromatic N) is 1. The molecule has 2 N–H and O–H groups in total. The highest BCUT2D eigenvalue weighted by Crippen LogP contribution is 2.32. The van der Waals surface area contributed by atoms with Crippen molar-refractivity contribution in [1.29, 1.82) is 0 Å². The maximum atomic E-state index is 12.9. The van der Waals surface area contributed by atoms with Gasteiger partial charge in [-0.1, -0.05) is 19.1 Å². The average molecular weight is 399 g/mol. The molecule has 2 heterocycles. The minimum absolute atomic E-state index is 0.000880. The van der Waals surface area contributed by atoms with E-state index in [9.17, 15) is 19.2 Å². The van der Waals surface area contributed by atoms with Crippen molar-refractivity contribution in [1.82, 2.24) is 10.2 Å². The molecule has 0 radical (unpaired) electrons. The van der Waals surface area contributed by atoms with E-state index in [1.165, 1.54) is 4.90 Å². The Hall–Kier alpha value is -3.16. The first-order valence-corrected chi connectivity index (χ1v) is 9.83. The molecule has 0 aromatic heterocycles. The Morgan fingerprint density at radius 1 is 1.21 bits per heavy atom. The van der Waals surface area contributed by atoms with Gasteiger partial charge >= 0.3 is 5.97 Å². The zero-order valence-electron chi connectivity index (χ0n) is 16.6. The summed E-state index contributed by atoms with van der Waals surface area (Å²) in [5, 5.41) is 5.44. The monoisotopic (exact) mass is 399 g/mol. The molecule has 0 saturated carbocycles. The van der Waals surface area contributed by atoms with Crippen molar-refractivity contribution in [3.8, 4) is 0 Å². The van der Waals surface area contributed by atoms with E-state index in [4.69, 9.17) is 4.74 Å². The lowest BCUT2D eigenvalue weighted by Crippen LogP contribution is -2.53. The van der Waals surface area contributed by atoms with E-state index in [1.807, 2.05) is 31.2 Å². The summed E-state index contributed by atoms with van der Waals surface area (Å²) in [7, 11) is 0. The molecule has 0 spiro atoms. The molecule has 1 aromatic rings. The third-order valence-corrected chi connectivity index (χ3v) is 5.06. The highest BCUT2D eigenvalue weighted by Gasteiger charge is 2.42. The average Bonchev–Trinajstić information content (AvgIpc) is 2.71. The third kappa shape index (κ3) is 4.47. The minimum atomic E-state index is -0.723. The van der Waals surface area contributed by atoms with Crippen molar-refractivity contribution in [2.24, 2.45) is 5.92 Å². The largest absolute Gasteiger partial charge is 0.463 e. The molecule has 0 bridgehead atoms. The predicted molar refractivity (Wildman–Crippen MR) is 106 cm³/mol. The fraction of sp³-hybridized carbons (Fsp3) is 0.429. The molecule has 1 saturated heterocycles. The van der Waals surface area contributed by atoms with Crippen LogP contribution in [0.1, 0.15) is 32.3 Å². The number of carbonyl (C=O) groups is 4. The third-order valence-electron chi connectivity index (χ3n) is 5.06. The van der Waals surface area contributed by atoms with Gasteiger partial charge in [-0.25, -0.2) is 4.79 Å². The molecule has 1 unspecified atom stereocenters. The Kier molecular flexibility index (Phi) is 6.31. The summed E-state index contributed by atoms with van der Waals surface area (Å²) in [6, 6.07) is 7.50. The standard InChI is InChI=1S/C21H25N3O5/c1-3-13-5-7-15(8-6-13)23-17(25)12-14-11-16(21(28)29-4-2)18-19(26)22-9-10-24(18)20(14)27/h5-8,14H,3-4,9-12H2,1-2H3,(H,22,26)(H,23,25). The normalized spacial score (nSPS) is 18.8. The Labute approximate surface area is 169 Å². The van der Waals surface area contributed by atoms with E-state index in [2.05, 4.69) is 10.6 Å². The zero-order chi connectivity index (χ0) is 21.0. The second-order valence-electron chi connectivity index (χ2n) is 7.00. The summed E-state index contributed by atoms with van der Waals surface area (Å²) in [5.41, 5.74) is 2.00. The topological polar surface area (TPSA) is 105 Å². The van der Waals surface area contributed by atoms with Gasteiger partial charge in [0.15, 0.2) is 0 Å². The van der Waals surface area contributed by atoms with Crippen molar-refractivity contribution in [3.05, 3.63) is 41.1 Å². The Morgan fingerprint density at radius 2 is 1.93 bits per heavy atom.